The third kappa shape index (κ3) is 4.38. The lowest BCUT2D eigenvalue weighted by atomic mass is 10.1. The molecule has 0 radical (unpaired) electrons. The Hall–Kier alpha value is -1.87. The minimum atomic E-state index is -0.0723. The number of nitrogens with one attached hydrogen (secondary N) is 1. The fourth-order valence-corrected chi connectivity index (χ4v) is 1.68. The van der Waals surface area contributed by atoms with Crippen molar-refractivity contribution in [2.45, 2.75) is 19.9 Å². The van der Waals surface area contributed by atoms with Gasteiger partial charge in [-0.25, -0.2) is 0 Å². The van der Waals surface area contributed by atoms with Crippen molar-refractivity contribution in [2.75, 3.05) is 0 Å². The summed E-state index contributed by atoms with van der Waals surface area (Å²) >= 11 is 0. The second kappa shape index (κ2) is 7.54. The van der Waals surface area contributed by atoms with E-state index in [-0.39, 0.29) is 18.3 Å². The molecule has 1 N–H and O–H groups in total. The molecule has 3 nitrogen and oxygen atoms in total. The highest BCUT2D eigenvalue weighted by atomic mass is 35.5. The molecule has 0 aliphatic rings. The monoisotopic (exact) mass is 276 g/mol. The van der Waals surface area contributed by atoms with Crippen molar-refractivity contribution in [3.63, 3.8) is 0 Å². The number of aryl methyl sites for hydroxylation is 1. The van der Waals surface area contributed by atoms with Crippen molar-refractivity contribution in [3.05, 3.63) is 65.5 Å². The highest BCUT2D eigenvalue weighted by Gasteiger charge is 2.03. The summed E-state index contributed by atoms with van der Waals surface area (Å²) in [5.74, 6) is -0.0723. The number of halogens is 1. The molecule has 0 aliphatic carbocycles. The molecule has 0 aliphatic heterocycles. The average molecular weight is 277 g/mol. The Labute approximate surface area is 119 Å². The van der Waals surface area contributed by atoms with Crippen molar-refractivity contribution >= 4 is 18.3 Å². The maximum atomic E-state index is 11.8. The molecule has 0 bridgehead atoms. The zero-order chi connectivity index (χ0) is 12.8. The molecule has 0 fully saturated rings. The van der Waals surface area contributed by atoms with Gasteiger partial charge in [0.15, 0.2) is 0 Å². The second-order valence-electron chi connectivity index (χ2n) is 4.09. The fraction of sp³-hybridized carbons (Fsp3) is 0.200. The van der Waals surface area contributed by atoms with Crippen molar-refractivity contribution < 1.29 is 4.79 Å². The quantitative estimate of drug-likeness (QED) is 0.933. The van der Waals surface area contributed by atoms with Crippen LogP contribution in [0.15, 0.2) is 48.8 Å². The third-order valence-corrected chi connectivity index (χ3v) is 2.83. The maximum Gasteiger partial charge on any atom is 0.251 e. The minimum absolute atomic E-state index is 0. The van der Waals surface area contributed by atoms with Crippen LogP contribution in [0.1, 0.15) is 28.4 Å². The third-order valence-electron chi connectivity index (χ3n) is 2.83. The van der Waals surface area contributed by atoms with E-state index in [1.807, 2.05) is 12.1 Å². The number of hydrogen-bond acceptors (Lipinski definition) is 2. The standard InChI is InChI=1S/C15H16N2O.ClH/c1-2-12-3-5-13(6-4-12)11-17-15(18)14-7-9-16-10-8-14;/h3-10H,2,11H2,1H3,(H,17,18);1H. The Kier molecular flexibility index (Phi) is 6.03. The first kappa shape index (κ1) is 15.2. The number of pyridine rings is 1. The predicted octanol–water partition coefficient (Wildman–Crippen LogP) is 3.00. The summed E-state index contributed by atoms with van der Waals surface area (Å²) in [5.41, 5.74) is 3.05. The normalized spacial score (nSPS) is 9.53. The van der Waals surface area contributed by atoms with Gasteiger partial charge in [0, 0.05) is 24.5 Å². The zero-order valence-corrected chi connectivity index (χ0v) is 11.6. The molecule has 1 aromatic heterocycles. The van der Waals surface area contributed by atoms with E-state index in [0.717, 1.165) is 12.0 Å². The number of rotatable bonds is 4. The molecule has 2 aromatic rings. The van der Waals surface area contributed by atoms with Crippen LogP contribution in [0.5, 0.6) is 0 Å². The van der Waals surface area contributed by atoms with Crippen molar-refractivity contribution in [3.8, 4) is 0 Å². The second-order valence-corrected chi connectivity index (χ2v) is 4.09. The Morgan fingerprint density at radius 2 is 1.63 bits per heavy atom. The number of amides is 1. The molecule has 19 heavy (non-hydrogen) atoms. The van der Waals surface area contributed by atoms with Crippen LogP contribution in [0.2, 0.25) is 0 Å². The molecule has 1 heterocycles. The lowest BCUT2D eigenvalue weighted by Crippen LogP contribution is -2.22. The van der Waals surface area contributed by atoms with E-state index >= 15 is 0 Å². The van der Waals surface area contributed by atoms with E-state index in [2.05, 4.69) is 29.4 Å². The summed E-state index contributed by atoms with van der Waals surface area (Å²) in [5, 5.41) is 2.89. The largest absolute Gasteiger partial charge is 0.348 e. The summed E-state index contributed by atoms with van der Waals surface area (Å²) in [6, 6.07) is 11.7. The topological polar surface area (TPSA) is 42.0 Å². The van der Waals surface area contributed by atoms with Gasteiger partial charge >= 0.3 is 0 Å². The van der Waals surface area contributed by atoms with Crippen LogP contribution in [0, 0.1) is 0 Å². The van der Waals surface area contributed by atoms with Gasteiger partial charge in [-0.05, 0) is 29.7 Å². The van der Waals surface area contributed by atoms with Crippen molar-refractivity contribution in [2.24, 2.45) is 0 Å². The summed E-state index contributed by atoms with van der Waals surface area (Å²) in [4.78, 5) is 15.7. The smallest absolute Gasteiger partial charge is 0.251 e. The number of nitrogens with zero attached hydrogens (tertiary/aromatic N) is 1. The Bertz CT molecular complexity index is 511. The molecule has 1 amide bonds. The molecule has 0 spiro atoms. The number of aromatic nitrogens is 1. The summed E-state index contributed by atoms with van der Waals surface area (Å²) < 4.78 is 0. The van der Waals surface area contributed by atoms with Crippen molar-refractivity contribution in [1.82, 2.24) is 10.3 Å². The Balaban J connectivity index is 0.00000180. The first-order valence-electron chi connectivity index (χ1n) is 6.05. The summed E-state index contributed by atoms with van der Waals surface area (Å²) in [6.07, 6.45) is 4.26. The molecule has 0 unspecified atom stereocenters. The van der Waals surface area contributed by atoms with E-state index < -0.39 is 0 Å². The van der Waals surface area contributed by atoms with E-state index in [9.17, 15) is 4.79 Å². The van der Waals surface area contributed by atoms with Gasteiger partial charge in [-0.3, -0.25) is 9.78 Å². The summed E-state index contributed by atoms with van der Waals surface area (Å²) in [6.45, 7) is 2.67. The van der Waals surface area contributed by atoms with Gasteiger partial charge in [0.05, 0.1) is 0 Å². The van der Waals surface area contributed by atoms with Crippen LogP contribution in [0.3, 0.4) is 0 Å². The SMILES string of the molecule is CCc1ccc(CNC(=O)c2ccncc2)cc1.Cl. The Morgan fingerprint density at radius 1 is 1.05 bits per heavy atom. The first-order chi connectivity index (χ1) is 8.79. The lowest BCUT2D eigenvalue weighted by molar-refractivity contribution is 0.0951. The highest BCUT2D eigenvalue weighted by Crippen LogP contribution is 2.05. The highest BCUT2D eigenvalue weighted by molar-refractivity contribution is 5.93. The van der Waals surface area contributed by atoms with Gasteiger partial charge in [-0.15, -0.1) is 12.4 Å². The molecule has 0 saturated carbocycles. The van der Waals surface area contributed by atoms with Crippen LogP contribution < -0.4 is 5.32 Å². The maximum absolute atomic E-state index is 11.8. The molecule has 0 atom stereocenters. The average Bonchev–Trinajstić information content (AvgIpc) is 2.46. The molecular weight excluding hydrogens is 260 g/mol. The lowest BCUT2D eigenvalue weighted by Gasteiger charge is -2.06. The molecule has 100 valence electrons. The van der Waals surface area contributed by atoms with Crippen LogP contribution in [0.4, 0.5) is 0 Å². The summed E-state index contributed by atoms with van der Waals surface area (Å²) in [7, 11) is 0. The fourth-order valence-electron chi connectivity index (χ4n) is 1.68. The van der Waals surface area contributed by atoms with Gasteiger partial charge < -0.3 is 5.32 Å². The predicted molar refractivity (Wildman–Crippen MR) is 78.5 cm³/mol. The van der Waals surface area contributed by atoms with E-state index in [1.165, 1.54) is 5.56 Å². The van der Waals surface area contributed by atoms with Crippen LogP contribution in [0.25, 0.3) is 0 Å². The molecule has 2 rings (SSSR count). The first-order valence-corrected chi connectivity index (χ1v) is 6.05. The van der Waals surface area contributed by atoms with Crippen LogP contribution in [-0.2, 0) is 13.0 Å². The van der Waals surface area contributed by atoms with Gasteiger partial charge in [-0.1, -0.05) is 31.2 Å². The van der Waals surface area contributed by atoms with E-state index in [4.69, 9.17) is 0 Å². The van der Waals surface area contributed by atoms with E-state index in [1.54, 1.807) is 24.5 Å². The number of carbonyl (C=O) groups excluding carboxylic acids is 1. The van der Waals surface area contributed by atoms with E-state index in [0.29, 0.717) is 12.1 Å². The number of carbonyl (C=O) groups is 1. The number of benzene rings is 1. The molecule has 1 aromatic carbocycles. The van der Waals surface area contributed by atoms with Crippen LogP contribution >= 0.6 is 12.4 Å². The van der Waals surface area contributed by atoms with Gasteiger partial charge in [0.2, 0.25) is 0 Å². The van der Waals surface area contributed by atoms with Gasteiger partial charge in [-0.2, -0.15) is 0 Å². The minimum Gasteiger partial charge on any atom is -0.348 e. The van der Waals surface area contributed by atoms with Crippen molar-refractivity contribution in [1.29, 1.82) is 0 Å². The Morgan fingerprint density at radius 3 is 2.21 bits per heavy atom. The van der Waals surface area contributed by atoms with Crippen LogP contribution in [-0.4, -0.2) is 10.9 Å². The zero-order valence-electron chi connectivity index (χ0n) is 10.8. The van der Waals surface area contributed by atoms with Gasteiger partial charge in [0.1, 0.15) is 0 Å². The number of hydrogen-bond donors (Lipinski definition) is 1. The molecule has 4 heteroatoms. The van der Waals surface area contributed by atoms with Gasteiger partial charge in [0.25, 0.3) is 5.91 Å². The molecular formula is C15H17ClN2O. The molecule has 0 saturated heterocycles.